The SMILES string of the molecule is [CH3-].[Ir+3].[Y].[c-]1cccc2c1N1[CH-]N(c3ccccc3)C=C1c1nccn1-2. The van der Waals surface area contributed by atoms with Crippen molar-refractivity contribution in [3.8, 4) is 5.69 Å². The van der Waals surface area contributed by atoms with Gasteiger partial charge in [-0.1, -0.05) is 23.9 Å². The maximum absolute atomic E-state index is 4.52. The van der Waals surface area contributed by atoms with E-state index in [4.69, 9.17) is 0 Å². The zero-order valence-corrected chi connectivity index (χ0v) is 18.9. The molecule has 2 aliphatic rings. The van der Waals surface area contributed by atoms with Crippen LogP contribution in [-0.4, -0.2) is 9.55 Å². The van der Waals surface area contributed by atoms with Crippen LogP contribution in [0.1, 0.15) is 5.82 Å². The van der Waals surface area contributed by atoms with E-state index in [1.807, 2.05) is 42.7 Å². The molecule has 123 valence electrons. The zero-order valence-electron chi connectivity index (χ0n) is 13.6. The van der Waals surface area contributed by atoms with Crippen molar-refractivity contribution >= 4 is 17.1 Å². The first-order valence-electron chi connectivity index (χ1n) is 7.16. The summed E-state index contributed by atoms with van der Waals surface area (Å²) in [6, 6.07) is 19.7. The van der Waals surface area contributed by atoms with Gasteiger partial charge in [0.1, 0.15) is 5.82 Å². The number of aromatic nitrogens is 2. The first-order chi connectivity index (χ1) is 10.9. The number of hydrogen-bond acceptors (Lipinski definition) is 3. The molecule has 0 saturated carbocycles. The molecule has 0 atom stereocenters. The van der Waals surface area contributed by atoms with Gasteiger partial charge < -0.3 is 21.8 Å². The average Bonchev–Trinajstić information content (AvgIpc) is 3.23. The Morgan fingerprint density at radius 2 is 1.84 bits per heavy atom. The number of hydrogen-bond donors (Lipinski definition) is 0. The molecule has 0 N–H and O–H groups in total. The molecule has 1 radical (unpaired) electrons. The molecule has 3 aromatic rings. The monoisotopic (exact) mass is 581 g/mol. The molecule has 0 unspecified atom stereocenters. The molecule has 0 fully saturated rings. The second kappa shape index (κ2) is 7.96. The number of benzene rings is 2. The van der Waals surface area contributed by atoms with E-state index in [1.54, 1.807) is 0 Å². The Bertz CT molecular complexity index is 891. The average molecular weight is 580 g/mol. The number of anilines is 2. The molecule has 2 aliphatic heterocycles. The van der Waals surface area contributed by atoms with Crippen molar-refractivity contribution in [3.05, 3.63) is 93.1 Å². The fourth-order valence-corrected chi connectivity index (χ4v) is 2.99. The molecule has 0 bridgehead atoms. The minimum Gasteiger partial charge on any atom is -0.489 e. The standard InChI is InChI=1S/C18H12N4.CH3.Ir.Y/c1-2-6-14(7-3-1)20-12-17-18-19-10-11-21(18)15-8-4-5-9-16(15)22(17)13-20;;;/h1-8,10-13H;1H3;;/q-2;-1;+3;. The fraction of sp³-hybridized carbons (Fsp3) is 0. The summed E-state index contributed by atoms with van der Waals surface area (Å²) in [6.45, 7) is 2.08. The Morgan fingerprint density at radius 1 is 1.04 bits per heavy atom. The van der Waals surface area contributed by atoms with Gasteiger partial charge in [-0.3, -0.25) is 0 Å². The van der Waals surface area contributed by atoms with Crippen molar-refractivity contribution in [2.75, 3.05) is 9.80 Å². The molecule has 0 amide bonds. The molecular formula is C19H15IrN4Y. The van der Waals surface area contributed by atoms with E-state index < -0.39 is 0 Å². The van der Waals surface area contributed by atoms with Crippen molar-refractivity contribution < 1.29 is 52.8 Å². The van der Waals surface area contributed by atoms with Crippen molar-refractivity contribution in [2.24, 2.45) is 0 Å². The van der Waals surface area contributed by atoms with Gasteiger partial charge in [0, 0.05) is 57.0 Å². The van der Waals surface area contributed by atoms with Crippen LogP contribution in [0, 0.1) is 20.2 Å². The van der Waals surface area contributed by atoms with Crippen molar-refractivity contribution in [1.82, 2.24) is 9.55 Å². The zero-order chi connectivity index (χ0) is 14.5. The summed E-state index contributed by atoms with van der Waals surface area (Å²) < 4.78 is 2.11. The summed E-state index contributed by atoms with van der Waals surface area (Å²) in [5.41, 5.74) is 4.32. The first kappa shape index (κ1) is 20.1. The molecule has 25 heavy (non-hydrogen) atoms. The number of para-hydroxylation sites is 2. The van der Waals surface area contributed by atoms with Crippen LogP contribution in [0.3, 0.4) is 0 Å². The van der Waals surface area contributed by atoms with Gasteiger partial charge in [-0.05, 0) is 17.8 Å². The van der Waals surface area contributed by atoms with Gasteiger partial charge in [0.15, 0.2) is 0 Å². The second-order valence-electron chi connectivity index (χ2n) is 5.27. The molecule has 1 aromatic heterocycles. The van der Waals surface area contributed by atoms with Crippen LogP contribution in [0.25, 0.3) is 11.4 Å². The van der Waals surface area contributed by atoms with Gasteiger partial charge in [0.2, 0.25) is 0 Å². The molecule has 0 aliphatic carbocycles. The van der Waals surface area contributed by atoms with E-state index in [0.717, 1.165) is 28.6 Å². The second-order valence-corrected chi connectivity index (χ2v) is 5.27. The smallest absolute Gasteiger partial charge is 0.489 e. The predicted octanol–water partition coefficient (Wildman–Crippen LogP) is 3.88. The van der Waals surface area contributed by atoms with Gasteiger partial charge >= 0.3 is 20.1 Å². The van der Waals surface area contributed by atoms with Crippen LogP contribution in [0.5, 0.6) is 0 Å². The van der Waals surface area contributed by atoms with E-state index in [2.05, 4.69) is 56.5 Å². The molecular weight excluding hydrogens is 565 g/mol. The largest absolute Gasteiger partial charge is 3.00 e. The predicted molar refractivity (Wildman–Crippen MR) is 92.5 cm³/mol. The molecule has 6 heteroatoms. The maximum atomic E-state index is 4.52. The Hall–Kier alpha value is -1.26. The summed E-state index contributed by atoms with van der Waals surface area (Å²) >= 11 is 0. The summed E-state index contributed by atoms with van der Waals surface area (Å²) in [6.07, 6.45) is 5.94. The molecule has 0 spiro atoms. The summed E-state index contributed by atoms with van der Waals surface area (Å²) in [4.78, 5) is 8.78. The van der Waals surface area contributed by atoms with Crippen LogP contribution in [0.15, 0.2) is 67.1 Å². The Labute approximate surface area is 186 Å². The van der Waals surface area contributed by atoms with Crippen molar-refractivity contribution in [2.45, 2.75) is 0 Å². The van der Waals surface area contributed by atoms with Gasteiger partial charge in [-0.25, -0.2) is 4.98 Å². The maximum Gasteiger partial charge on any atom is 3.00 e. The quantitative estimate of drug-likeness (QED) is 0.409. The molecule has 5 rings (SSSR count). The van der Waals surface area contributed by atoms with Gasteiger partial charge in [0.05, 0.1) is 5.70 Å². The molecule has 3 heterocycles. The van der Waals surface area contributed by atoms with E-state index in [0.29, 0.717) is 0 Å². The minimum absolute atomic E-state index is 0. The first-order valence-corrected chi connectivity index (χ1v) is 7.16. The normalized spacial score (nSPS) is 13.4. The third kappa shape index (κ3) is 3.15. The van der Waals surface area contributed by atoms with E-state index >= 15 is 0 Å². The number of fused-ring (bicyclic) bond motifs is 6. The van der Waals surface area contributed by atoms with E-state index in [9.17, 15) is 0 Å². The Kier molecular flexibility index (Phi) is 6.39. The summed E-state index contributed by atoms with van der Waals surface area (Å²) in [5, 5.41) is 0. The van der Waals surface area contributed by atoms with Gasteiger partial charge in [-0.15, -0.1) is 12.7 Å². The van der Waals surface area contributed by atoms with Crippen LogP contribution in [-0.2, 0) is 52.8 Å². The van der Waals surface area contributed by atoms with Crippen molar-refractivity contribution in [3.63, 3.8) is 0 Å². The van der Waals surface area contributed by atoms with E-state index in [1.165, 1.54) is 0 Å². The third-order valence-corrected chi connectivity index (χ3v) is 4.00. The molecule has 0 saturated heterocycles. The molecule has 2 aromatic carbocycles. The Balaban J connectivity index is 0.000000751. The summed E-state index contributed by atoms with van der Waals surface area (Å²) in [5.74, 6) is 0.946. The minimum atomic E-state index is 0. The van der Waals surface area contributed by atoms with Crippen LogP contribution >= 0.6 is 0 Å². The van der Waals surface area contributed by atoms with Crippen LogP contribution in [0.2, 0.25) is 0 Å². The summed E-state index contributed by atoms with van der Waals surface area (Å²) in [7, 11) is 0. The Morgan fingerprint density at radius 3 is 2.64 bits per heavy atom. The van der Waals surface area contributed by atoms with E-state index in [-0.39, 0.29) is 60.2 Å². The third-order valence-electron chi connectivity index (χ3n) is 4.00. The van der Waals surface area contributed by atoms with Crippen molar-refractivity contribution in [1.29, 1.82) is 0 Å². The number of nitrogens with zero attached hydrogens (tertiary/aromatic N) is 4. The van der Waals surface area contributed by atoms with Gasteiger partial charge in [-0.2, -0.15) is 18.2 Å². The van der Waals surface area contributed by atoms with Crippen LogP contribution in [0.4, 0.5) is 11.4 Å². The number of imidazole rings is 1. The van der Waals surface area contributed by atoms with Gasteiger partial charge in [0.25, 0.3) is 0 Å². The topological polar surface area (TPSA) is 24.3 Å². The van der Waals surface area contributed by atoms with Crippen LogP contribution < -0.4 is 9.80 Å². The number of rotatable bonds is 1. The fourth-order valence-electron chi connectivity index (χ4n) is 2.99. The molecule has 4 nitrogen and oxygen atoms in total.